The molecule has 0 fully saturated rings. The van der Waals surface area contributed by atoms with Gasteiger partial charge in [0, 0.05) is 12.6 Å². The quantitative estimate of drug-likeness (QED) is 0.743. The first-order chi connectivity index (χ1) is 10.6. The van der Waals surface area contributed by atoms with Crippen molar-refractivity contribution in [3.8, 4) is 0 Å². The van der Waals surface area contributed by atoms with E-state index in [0.717, 1.165) is 0 Å². The van der Waals surface area contributed by atoms with E-state index in [4.69, 9.17) is 4.42 Å². The van der Waals surface area contributed by atoms with Gasteiger partial charge in [-0.2, -0.15) is 0 Å². The van der Waals surface area contributed by atoms with E-state index in [1.54, 1.807) is 18.2 Å². The fourth-order valence-electron chi connectivity index (χ4n) is 1.90. The molecule has 112 valence electrons. The van der Waals surface area contributed by atoms with Gasteiger partial charge in [-0.3, -0.25) is 9.59 Å². The van der Waals surface area contributed by atoms with E-state index in [1.165, 1.54) is 24.2 Å². The van der Waals surface area contributed by atoms with Crippen molar-refractivity contribution in [2.45, 2.75) is 13.5 Å². The Labute approximate surface area is 124 Å². The SMILES string of the molecule is CC(=O)Nc1cn(CC(=O)Nc2ccc3ocnc3c2)nn1. The van der Waals surface area contributed by atoms with E-state index in [-0.39, 0.29) is 18.4 Å². The van der Waals surface area contributed by atoms with Crippen LogP contribution in [0.25, 0.3) is 11.1 Å². The smallest absolute Gasteiger partial charge is 0.246 e. The van der Waals surface area contributed by atoms with Crippen LogP contribution in [0.2, 0.25) is 0 Å². The molecule has 0 radical (unpaired) electrons. The van der Waals surface area contributed by atoms with Gasteiger partial charge in [-0.25, -0.2) is 9.67 Å². The van der Waals surface area contributed by atoms with Crippen LogP contribution in [-0.4, -0.2) is 31.8 Å². The van der Waals surface area contributed by atoms with Crippen molar-refractivity contribution in [3.63, 3.8) is 0 Å². The average Bonchev–Trinajstić information content (AvgIpc) is 3.06. The molecule has 1 aromatic carbocycles. The third-order valence-electron chi connectivity index (χ3n) is 2.76. The minimum Gasteiger partial charge on any atom is -0.443 e. The number of oxazole rings is 1. The van der Waals surface area contributed by atoms with Crippen molar-refractivity contribution < 1.29 is 14.0 Å². The molecule has 9 nitrogen and oxygen atoms in total. The van der Waals surface area contributed by atoms with Crippen LogP contribution in [0.1, 0.15) is 6.92 Å². The molecular weight excluding hydrogens is 288 g/mol. The normalized spacial score (nSPS) is 10.6. The van der Waals surface area contributed by atoms with Crippen molar-refractivity contribution in [2.75, 3.05) is 10.6 Å². The fourth-order valence-corrected chi connectivity index (χ4v) is 1.90. The Morgan fingerprint density at radius 1 is 1.32 bits per heavy atom. The van der Waals surface area contributed by atoms with Crippen molar-refractivity contribution in [3.05, 3.63) is 30.8 Å². The maximum absolute atomic E-state index is 12.0. The first-order valence-electron chi connectivity index (χ1n) is 6.41. The molecular formula is C13H12N6O3. The van der Waals surface area contributed by atoms with E-state index >= 15 is 0 Å². The van der Waals surface area contributed by atoms with Crippen LogP contribution in [0.15, 0.2) is 35.2 Å². The van der Waals surface area contributed by atoms with E-state index < -0.39 is 0 Å². The predicted molar refractivity (Wildman–Crippen MR) is 77.0 cm³/mol. The Balaban J connectivity index is 1.64. The minimum atomic E-state index is -0.276. The molecule has 2 N–H and O–H groups in total. The Kier molecular flexibility index (Phi) is 3.52. The number of carbonyl (C=O) groups is 2. The number of nitrogens with zero attached hydrogens (tertiary/aromatic N) is 4. The molecule has 0 aliphatic rings. The highest BCUT2D eigenvalue weighted by molar-refractivity contribution is 5.92. The highest BCUT2D eigenvalue weighted by Gasteiger charge is 2.08. The lowest BCUT2D eigenvalue weighted by Gasteiger charge is -2.04. The summed E-state index contributed by atoms with van der Waals surface area (Å²) in [6, 6.07) is 5.15. The summed E-state index contributed by atoms with van der Waals surface area (Å²) in [7, 11) is 0. The van der Waals surface area contributed by atoms with Crippen LogP contribution in [0.4, 0.5) is 11.5 Å². The number of hydrogen-bond acceptors (Lipinski definition) is 6. The minimum absolute atomic E-state index is 0.0244. The number of carbonyl (C=O) groups excluding carboxylic acids is 2. The lowest BCUT2D eigenvalue weighted by Crippen LogP contribution is -2.19. The summed E-state index contributed by atoms with van der Waals surface area (Å²) in [5, 5.41) is 12.7. The van der Waals surface area contributed by atoms with E-state index in [2.05, 4.69) is 25.9 Å². The largest absolute Gasteiger partial charge is 0.443 e. The summed E-state index contributed by atoms with van der Waals surface area (Å²) in [6.07, 6.45) is 2.82. The summed E-state index contributed by atoms with van der Waals surface area (Å²) in [4.78, 5) is 26.9. The summed E-state index contributed by atoms with van der Waals surface area (Å²) in [5.41, 5.74) is 1.91. The van der Waals surface area contributed by atoms with Crippen LogP contribution in [0.3, 0.4) is 0 Å². The Morgan fingerprint density at radius 2 is 2.18 bits per heavy atom. The molecule has 2 amide bonds. The molecule has 0 spiro atoms. The van der Waals surface area contributed by atoms with E-state index in [0.29, 0.717) is 22.6 Å². The average molecular weight is 300 g/mol. The maximum Gasteiger partial charge on any atom is 0.246 e. The van der Waals surface area contributed by atoms with E-state index in [1.807, 2.05) is 0 Å². The van der Waals surface area contributed by atoms with Gasteiger partial charge < -0.3 is 15.1 Å². The van der Waals surface area contributed by atoms with Crippen molar-refractivity contribution >= 4 is 34.4 Å². The molecule has 0 saturated carbocycles. The fraction of sp³-hybridized carbons (Fsp3) is 0.154. The van der Waals surface area contributed by atoms with Crippen molar-refractivity contribution in [1.29, 1.82) is 0 Å². The number of aromatic nitrogens is 4. The highest BCUT2D eigenvalue weighted by atomic mass is 16.3. The molecule has 22 heavy (non-hydrogen) atoms. The predicted octanol–water partition coefficient (Wildman–Crippen LogP) is 1.02. The molecule has 3 rings (SSSR count). The second kappa shape index (κ2) is 5.64. The highest BCUT2D eigenvalue weighted by Crippen LogP contribution is 2.17. The zero-order valence-corrected chi connectivity index (χ0v) is 11.6. The molecule has 9 heteroatoms. The molecule has 0 aliphatic carbocycles. The third-order valence-corrected chi connectivity index (χ3v) is 2.76. The lowest BCUT2D eigenvalue weighted by molar-refractivity contribution is -0.117. The van der Waals surface area contributed by atoms with Gasteiger partial charge in [0.1, 0.15) is 12.1 Å². The molecule has 0 unspecified atom stereocenters. The molecule has 0 bridgehead atoms. The number of amides is 2. The van der Waals surface area contributed by atoms with Crippen molar-refractivity contribution in [2.24, 2.45) is 0 Å². The first kappa shape index (κ1) is 13.7. The van der Waals surface area contributed by atoms with Crippen molar-refractivity contribution in [1.82, 2.24) is 20.0 Å². The maximum atomic E-state index is 12.0. The summed E-state index contributed by atoms with van der Waals surface area (Å²) in [5.74, 6) is -0.233. The molecule has 2 aromatic heterocycles. The van der Waals surface area contributed by atoms with Gasteiger partial charge >= 0.3 is 0 Å². The Morgan fingerprint density at radius 3 is 3.00 bits per heavy atom. The molecule has 0 atom stereocenters. The van der Waals surface area contributed by atoms with Crippen LogP contribution < -0.4 is 10.6 Å². The number of anilines is 2. The zero-order chi connectivity index (χ0) is 15.5. The van der Waals surface area contributed by atoms with E-state index in [9.17, 15) is 9.59 Å². The van der Waals surface area contributed by atoms with Crippen LogP contribution >= 0.6 is 0 Å². The third kappa shape index (κ3) is 3.08. The van der Waals surface area contributed by atoms with Gasteiger partial charge in [0.15, 0.2) is 17.8 Å². The summed E-state index contributed by atoms with van der Waals surface area (Å²) >= 11 is 0. The molecule has 0 saturated heterocycles. The summed E-state index contributed by atoms with van der Waals surface area (Å²) in [6.45, 7) is 1.34. The van der Waals surface area contributed by atoms with Crippen LogP contribution in [0.5, 0.6) is 0 Å². The van der Waals surface area contributed by atoms with Gasteiger partial charge in [-0.05, 0) is 18.2 Å². The van der Waals surface area contributed by atoms with Gasteiger partial charge in [-0.1, -0.05) is 5.21 Å². The topological polar surface area (TPSA) is 115 Å². The molecule has 2 heterocycles. The Bertz CT molecular complexity index is 837. The number of benzene rings is 1. The monoisotopic (exact) mass is 300 g/mol. The standard InChI is InChI=1S/C13H12N6O3/c1-8(20)15-12-5-19(18-17-12)6-13(21)16-9-2-3-11-10(4-9)14-7-22-11/h2-5,7H,6H2,1H3,(H,15,20)(H,16,21). The lowest BCUT2D eigenvalue weighted by atomic mass is 10.3. The van der Waals surface area contributed by atoms with Crippen LogP contribution in [-0.2, 0) is 16.1 Å². The number of hydrogen-bond donors (Lipinski definition) is 2. The van der Waals surface area contributed by atoms with Gasteiger partial charge in [-0.15, -0.1) is 5.10 Å². The molecule has 3 aromatic rings. The van der Waals surface area contributed by atoms with Gasteiger partial charge in [0.2, 0.25) is 11.8 Å². The second-order valence-electron chi connectivity index (χ2n) is 4.57. The number of fused-ring (bicyclic) bond motifs is 1. The zero-order valence-electron chi connectivity index (χ0n) is 11.6. The van der Waals surface area contributed by atoms with Crippen LogP contribution in [0, 0.1) is 0 Å². The second-order valence-corrected chi connectivity index (χ2v) is 4.57. The number of rotatable bonds is 4. The van der Waals surface area contributed by atoms with Gasteiger partial charge in [0.25, 0.3) is 0 Å². The Hall–Kier alpha value is -3.23. The molecule has 0 aliphatic heterocycles. The summed E-state index contributed by atoms with van der Waals surface area (Å²) < 4.78 is 6.46. The first-order valence-corrected chi connectivity index (χ1v) is 6.41. The number of nitrogens with one attached hydrogen (secondary N) is 2. The van der Waals surface area contributed by atoms with Gasteiger partial charge in [0.05, 0.1) is 6.20 Å².